The third-order valence-electron chi connectivity index (χ3n) is 1.92. The number of aliphatic hydroxyl groups excluding tert-OH is 1. The molecule has 1 heterocycles. The van der Waals surface area contributed by atoms with E-state index in [-0.39, 0.29) is 13.4 Å². The average Bonchev–Trinajstić information content (AvgIpc) is 2.52. The second kappa shape index (κ2) is 3.44. The van der Waals surface area contributed by atoms with Crippen molar-refractivity contribution in [3.8, 4) is 11.5 Å². The largest absolute Gasteiger partial charge is 0.454 e. The summed E-state index contributed by atoms with van der Waals surface area (Å²) in [5.74, 6) is 1.37. The molecule has 0 atom stereocenters. The van der Waals surface area contributed by atoms with Crippen LogP contribution in [0, 0.1) is 0 Å². The van der Waals surface area contributed by atoms with Crippen LogP contribution in [-0.4, -0.2) is 18.5 Å². The van der Waals surface area contributed by atoms with Gasteiger partial charge >= 0.3 is 0 Å². The molecule has 0 saturated carbocycles. The van der Waals surface area contributed by atoms with Gasteiger partial charge in [0.25, 0.3) is 0 Å². The van der Waals surface area contributed by atoms with Crippen molar-refractivity contribution >= 4 is 11.6 Å². The Morgan fingerprint density at radius 2 is 2.00 bits per heavy atom. The minimum absolute atomic E-state index is 0.0827. The van der Waals surface area contributed by atoms with E-state index < -0.39 is 0 Å². The fourth-order valence-electron chi connectivity index (χ4n) is 1.27. The number of halogens is 1. The monoisotopic (exact) mass is 200 g/mol. The first kappa shape index (κ1) is 8.66. The minimum atomic E-state index is 0.0827. The van der Waals surface area contributed by atoms with Gasteiger partial charge in [0.05, 0.1) is 0 Å². The Kier molecular flexibility index (Phi) is 2.29. The standard InChI is InChI=1S/C9H9ClO3/c10-7-4-9-8(12-5-13-9)3-6(7)1-2-11/h3-4,11H,1-2,5H2. The molecule has 1 aliphatic rings. The number of rotatable bonds is 2. The second-order valence-corrected chi connectivity index (χ2v) is 3.18. The molecular weight excluding hydrogens is 192 g/mol. The molecule has 1 aromatic carbocycles. The van der Waals surface area contributed by atoms with Gasteiger partial charge in [-0.3, -0.25) is 0 Å². The zero-order valence-electron chi connectivity index (χ0n) is 6.92. The fraction of sp³-hybridized carbons (Fsp3) is 0.333. The molecule has 1 aliphatic heterocycles. The van der Waals surface area contributed by atoms with Gasteiger partial charge in [-0.25, -0.2) is 0 Å². The molecule has 0 unspecified atom stereocenters. The summed E-state index contributed by atoms with van der Waals surface area (Å²) in [5.41, 5.74) is 0.883. The Morgan fingerprint density at radius 3 is 2.69 bits per heavy atom. The quantitative estimate of drug-likeness (QED) is 0.788. The Bertz CT molecular complexity index is 325. The highest BCUT2D eigenvalue weighted by Crippen LogP contribution is 2.36. The Balaban J connectivity index is 2.37. The normalized spacial score (nSPS) is 13.4. The summed E-state index contributed by atoms with van der Waals surface area (Å²) in [5, 5.41) is 9.37. The van der Waals surface area contributed by atoms with Gasteiger partial charge < -0.3 is 14.6 Å². The zero-order chi connectivity index (χ0) is 9.26. The highest BCUT2D eigenvalue weighted by Gasteiger charge is 2.15. The summed E-state index contributed by atoms with van der Waals surface area (Å²) in [7, 11) is 0. The van der Waals surface area contributed by atoms with Crippen LogP contribution < -0.4 is 9.47 Å². The van der Waals surface area contributed by atoms with E-state index in [1.807, 2.05) is 0 Å². The van der Waals surface area contributed by atoms with Gasteiger partial charge in [0.15, 0.2) is 11.5 Å². The summed E-state index contributed by atoms with van der Waals surface area (Å²) in [4.78, 5) is 0. The van der Waals surface area contributed by atoms with Crippen LogP contribution in [0.5, 0.6) is 11.5 Å². The van der Waals surface area contributed by atoms with Gasteiger partial charge in [-0.1, -0.05) is 11.6 Å². The highest BCUT2D eigenvalue weighted by atomic mass is 35.5. The van der Waals surface area contributed by atoms with Crippen LogP contribution in [0.4, 0.5) is 0 Å². The summed E-state index contributed by atoms with van der Waals surface area (Å²) >= 11 is 5.94. The van der Waals surface area contributed by atoms with Crippen LogP contribution in [0.15, 0.2) is 12.1 Å². The van der Waals surface area contributed by atoms with E-state index in [0.29, 0.717) is 22.9 Å². The lowest BCUT2D eigenvalue weighted by molar-refractivity contribution is 0.174. The highest BCUT2D eigenvalue weighted by molar-refractivity contribution is 6.31. The number of aliphatic hydroxyl groups is 1. The SMILES string of the molecule is OCCc1cc2c(cc1Cl)OCO2. The Labute approximate surface area is 80.8 Å². The summed E-state index contributed by atoms with van der Waals surface area (Å²) in [6.45, 7) is 0.327. The van der Waals surface area contributed by atoms with E-state index >= 15 is 0 Å². The first-order chi connectivity index (χ1) is 6.31. The minimum Gasteiger partial charge on any atom is -0.454 e. The predicted molar refractivity (Wildman–Crippen MR) is 48.4 cm³/mol. The molecule has 0 spiro atoms. The topological polar surface area (TPSA) is 38.7 Å². The molecule has 0 fully saturated rings. The molecule has 0 amide bonds. The average molecular weight is 201 g/mol. The number of benzene rings is 1. The van der Waals surface area contributed by atoms with Crippen molar-refractivity contribution in [1.29, 1.82) is 0 Å². The van der Waals surface area contributed by atoms with Gasteiger partial charge in [-0.2, -0.15) is 0 Å². The van der Waals surface area contributed by atoms with Gasteiger partial charge in [0.1, 0.15) is 0 Å². The van der Waals surface area contributed by atoms with Crippen molar-refractivity contribution in [3.05, 3.63) is 22.7 Å². The first-order valence-electron chi connectivity index (χ1n) is 4.00. The lowest BCUT2D eigenvalue weighted by Crippen LogP contribution is -1.93. The number of hydrogen-bond donors (Lipinski definition) is 1. The summed E-state index contributed by atoms with van der Waals surface area (Å²) < 4.78 is 10.3. The van der Waals surface area contributed by atoms with Crippen LogP contribution in [0.1, 0.15) is 5.56 Å². The maximum absolute atomic E-state index is 8.76. The molecule has 1 N–H and O–H groups in total. The molecule has 4 heteroatoms. The lowest BCUT2D eigenvalue weighted by atomic mass is 10.1. The van der Waals surface area contributed by atoms with E-state index in [4.69, 9.17) is 26.2 Å². The molecule has 1 aromatic rings. The van der Waals surface area contributed by atoms with Gasteiger partial charge in [0.2, 0.25) is 6.79 Å². The molecular formula is C9H9ClO3. The smallest absolute Gasteiger partial charge is 0.231 e. The fourth-order valence-corrected chi connectivity index (χ4v) is 1.52. The van der Waals surface area contributed by atoms with E-state index in [2.05, 4.69) is 0 Å². The molecule has 0 aromatic heterocycles. The molecule has 0 bridgehead atoms. The van der Waals surface area contributed by atoms with Crippen LogP contribution >= 0.6 is 11.6 Å². The maximum atomic E-state index is 8.76. The van der Waals surface area contributed by atoms with Gasteiger partial charge in [-0.05, 0) is 18.1 Å². The third-order valence-corrected chi connectivity index (χ3v) is 2.27. The molecule has 3 nitrogen and oxygen atoms in total. The molecule has 0 radical (unpaired) electrons. The second-order valence-electron chi connectivity index (χ2n) is 2.77. The molecule has 0 saturated heterocycles. The van der Waals surface area contributed by atoms with Crippen molar-refractivity contribution < 1.29 is 14.6 Å². The van der Waals surface area contributed by atoms with Crippen LogP contribution in [0.2, 0.25) is 5.02 Å². The lowest BCUT2D eigenvalue weighted by Gasteiger charge is -2.03. The van der Waals surface area contributed by atoms with Crippen molar-refractivity contribution in [3.63, 3.8) is 0 Å². The maximum Gasteiger partial charge on any atom is 0.231 e. The van der Waals surface area contributed by atoms with Crippen LogP contribution in [-0.2, 0) is 6.42 Å². The van der Waals surface area contributed by atoms with Gasteiger partial charge in [-0.15, -0.1) is 0 Å². The zero-order valence-corrected chi connectivity index (χ0v) is 7.67. The number of hydrogen-bond acceptors (Lipinski definition) is 3. The Hall–Kier alpha value is -0.930. The van der Waals surface area contributed by atoms with E-state index in [0.717, 1.165) is 5.56 Å². The Morgan fingerprint density at radius 1 is 1.31 bits per heavy atom. The van der Waals surface area contributed by atoms with Crippen molar-refractivity contribution in [2.75, 3.05) is 13.4 Å². The van der Waals surface area contributed by atoms with Crippen LogP contribution in [0.25, 0.3) is 0 Å². The molecule has 0 aliphatic carbocycles. The molecule has 70 valence electrons. The van der Waals surface area contributed by atoms with Crippen molar-refractivity contribution in [2.24, 2.45) is 0 Å². The number of ether oxygens (including phenoxy) is 2. The van der Waals surface area contributed by atoms with E-state index in [9.17, 15) is 0 Å². The third kappa shape index (κ3) is 1.57. The molecule has 13 heavy (non-hydrogen) atoms. The molecule has 2 rings (SSSR count). The summed E-state index contributed by atoms with van der Waals surface area (Å²) in [6, 6.07) is 3.52. The first-order valence-corrected chi connectivity index (χ1v) is 4.38. The van der Waals surface area contributed by atoms with Gasteiger partial charge in [0, 0.05) is 17.7 Å². The van der Waals surface area contributed by atoms with Crippen LogP contribution in [0.3, 0.4) is 0 Å². The van der Waals surface area contributed by atoms with Crippen molar-refractivity contribution in [2.45, 2.75) is 6.42 Å². The van der Waals surface area contributed by atoms with E-state index in [1.165, 1.54) is 0 Å². The van der Waals surface area contributed by atoms with Crippen molar-refractivity contribution in [1.82, 2.24) is 0 Å². The predicted octanol–water partition coefficient (Wildman–Crippen LogP) is 1.60. The summed E-state index contributed by atoms with van der Waals surface area (Å²) in [6.07, 6.45) is 0.537. The number of fused-ring (bicyclic) bond motifs is 1. The van der Waals surface area contributed by atoms with E-state index in [1.54, 1.807) is 12.1 Å².